The van der Waals surface area contributed by atoms with Crippen LogP contribution in [0.5, 0.6) is 0 Å². The molecule has 0 aliphatic heterocycles. The Morgan fingerprint density at radius 3 is 1.51 bits per heavy atom. The van der Waals surface area contributed by atoms with Gasteiger partial charge in [0.05, 0.1) is 0 Å². The second-order valence-electron chi connectivity index (χ2n) is 11.3. The summed E-state index contributed by atoms with van der Waals surface area (Å²) in [6.45, 7) is 4.98. The van der Waals surface area contributed by atoms with Gasteiger partial charge in [0.15, 0.2) is 0 Å². The first-order valence-corrected chi connectivity index (χ1v) is 19.6. The molecule has 0 nitrogen and oxygen atoms in total. The Kier molecular flexibility index (Phi) is 11.1. The van der Waals surface area contributed by atoms with Crippen LogP contribution in [-0.4, -0.2) is 24.6 Å². The summed E-state index contributed by atoms with van der Waals surface area (Å²) in [6.07, 6.45) is 20.3. The van der Waals surface area contributed by atoms with Crippen molar-refractivity contribution < 1.29 is 44.0 Å². The molecular weight excluding hydrogens is 565 g/mol. The van der Waals surface area contributed by atoms with E-state index in [2.05, 4.69) is 74.0 Å². The molecule has 6 rings (SSSR count). The Hall–Kier alpha value is 0.0743. The van der Waals surface area contributed by atoms with Gasteiger partial charge in [-0.05, 0) is 0 Å². The average Bonchev–Trinajstić information content (AvgIpc) is 3.45. The van der Waals surface area contributed by atoms with E-state index in [1.54, 1.807) is 22.0 Å². The van der Waals surface area contributed by atoms with Crippen molar-refractivity contribution in [3.8, 4) is 0 Å². The van der Waals surface area contributed by atoms with Gasteiger partial charge in [-0.25, -0.2) is 0 Å². The molecule has 2 saturated carbocycles. The molecule has 2 unspecified atom stereocenters. The molecular formula is C32H40Cl2P2Ti. The quantitative estimate of drug-likeness (QED) is 0.343. The van der Waals surface area contributed by atoms with Gasteiger partial charge in [0.1, 0.15) is 0 Å². The molecule has 0 N–H and O–H groups in total. The van der Waals surface area contributed by atoms with Crippen LogP contribution < -0.4 is 24.8 Å². The minimum atomic E-state index is -0.240. The Balaban J connectivity index is 0.00000160. The van der Waals surface area contributed by atoms with E-state index < -0.39 is 0 Å². The molecule has 2 fully saturated rings. The van der Waals surface area contributed by atoms with E-state index in [0.29, 0.717) is 0 Å². The van der Waals surface area contributed by atoms with Crippen molar-refractivity contribution in [3.63, 3.8) is 0 Å². The van der Waals surface area contributed by atoms with E-state index in [1.165, 1.54) is 69.8 Å². The van der Waals surface area contributed by atoms with Gasteiger partial charge in [0.2, 0.25) is 0 Å². The van der Waals surface area contributed by atoms with Crippen molar-refractivity contribution in [2.45, 2.75) is 84.0 Å². The van der Waals surface area contributed by atoms with Gasteiger partial charge in [-0.15, -0.1) is 0 Å². The Labute approximate surface area is 249 Å². The van der Waals surface area contributed by atoms with Gasteiger partial charge in [-0.2, -0.15) is 0 Å². The third kappa shape index (κ3) is 6.22. The Bertz CT molecular complexity index is 1100. The molecule has 4 aliphatic carbocycles. The van der Waals surface area contributed by atoms with Gasteiger partial charge < -0.3 is 24.8 Å². The van der Waals surface area contributed by atoms with Gasteiger partial charge >= 0.3 is 226 Å². The largest absolute Gasteiger partial charge is 1.00 e. The standard InChI is InChI=1S/C21H28P.C11H12P.2ClH.Ti/c1-3-11-19(12-4-1)22(20-13-5-2-6-14-20)21-15-17-9-7-8-10-18(17)16-21;1-12(2)11-7-9-5-3-4-6-10(9)8-11;;;/h7-10,15-16,19-20H,1-6,11-14H2;3-8H,1-2H3;2*1H;/q;;;;+2/p-2. The van der Waals surface area contributed by atoms with Crippen molar-refractivity contribution in [2.24, 2.45) is 0 Å². The normalized spacial score (nSPS) is 23.5. The van der Waals surface area contributed by atoms with Crippen molar-refractivity contribution in [3.05, 3.63) is 81.4 Å². The molecule has 0 amide bonds. The number of allylic oxidation sites excluding steroid dienone is 2. The van der Waals surface area contributed by atoms with Gasteiger partial charge in [0, 0.05) is 0 Å². The topological polar surface area (TPSA) is 0 Å². The van der Waals surface area contributed by atoms with Gasteiger partial charge in [0.25, 0.3) is 0 Å². The summed E-state index contributed by atoms with van der Waals surface area (Å²) in [5, 5.41) is 3.74. The second-order valence-corrected chi connectivity index (χ2v) is 18.7. The summed E-state index contributed by atoms with van der Waals surface area (Å²) < 4.78 is 1.47. The maximum Gasteiger partial charge on any atom is -1.00 e. The molecule has 2 aromatic carbocycles. The number of hydrogen-bond acceptors (Lipinski definition) is 0. The number of rotatable bonds is 6. The molecule has 5 heteroatoms. The zero-order valence-corrected chi connectivity index (χ0v) is 27.2. The van der Waals surface area contributed by atoms with Crippen molar-refractivity contribution in [2.75, 3.05) is 13.3 Å². The predicted molar refractivity (Wildman–Crippen MR) is 154 cm³/mol. The molecule has 0 bridgehead atoms. The van der Waals surface area contributed by atoms with E-state index >= 15 is 0 Å². The van der Waals surface area contributed by atoms with Crippen LogP contribution in [0.2, 0.25) is 0 Å². The van der Waals surface area contributed by atoms with Crippen LogP contribution in [0.1, 0.15) is 94.9 Å². The Morgan fingerprint density at radius 2 is 1.03 bits per heavy atom. The fourth-order valence-electron chi connectivity index (χ4n) is 7.18. The van der Waals surface area contributed by atoms with Gasteiger partial charge in [-0.1, -0.05) is 0 Å². The molecule has 0 heterocycles. The smallest absolute Gasteiger partial charge is 1.00 e. The summed E-state index contributed by atoms with van der Waals surface area (Å²) in [5.41, 5.74) is 8.44. The summed E-state index contributed by atoms with van der Waals surface area (Å²) >= 11 is -0.240. The minimum Gasteiger partial charge on any atom is -1.00 e. The van der Waals surface area contributed by atoms with E-state index in [-0.39, 0.29) is 59.8 Å². The summed E-state index contributed by atoms with van der Waals surface area (Å²) in [7, 11) is -0.0731. The van der Waals surface area contributed by atoms with Crippen LogP contribution in [0.4, 0.5) is 0 Å². The maximum absolute atomic E-state index is 2.75. The van der Waals surface area contributed by atoms with Crippen LogP contribution in [0.15, 0.2) is 59.2 Å². The van der Waals surface area contributed by atoms with Crippen LogP contribution in [0.25, 0.3) is 12.2 Å². The van der Waals surface area contributed by atoms with Crippen LogP contribution in [-0.2, 0) is 19.2 Å². The van der Waals surface area contributed by atoms with E-state index in [0.717, 1.165) is 19.8 Å². The van der Waals surface area contributed by atoms with Crippen molar-refractivity contribution in [1.29, 1.82) is 0 Å². The monoisotopic (exact) mass is 604 g/mol. The molecule has 196 valence electrons. The molecule has 0 saturated heterocycles. The molecule has 0 spiro atoms. The van der Waals surface area contributed by atoms with E-state index in [9.17, 15) is 0 Å². The number of hydrogen-bond donors (Lipinski definition) is 0. The van der Waals surface area contributed by atoms with Crippen LogP contribution in [0.3, 0.4) is 0 Å². The van der Waals surface area contributed by atoms with Crippen LogP contribution in [0, 0.1) is 0 Å². The fraction of sp³-hybridized carbons (Fsp3) is 0.500. The summed E-state index contributed by atoms with van der Waals surface area (Å²) in [6, 6.07) is 18.9. The number of fused-ring (bicyclic) bond motifs is 2. The number of benzene rings is 2. The molecule has 0 radical (unpaired) electrons. The summed E-state index contributed by atoms with van der Waals surface area (Å²) in [5.74, 6) is 0. The third-order valence-corrected chi connectivity index (χ3v) is 17.6. The number of halogens is 2. The van der Waals surface area contributed by atoms with E-state index in [4.69, 9.17) is 0 Å². The molecule has 37 heavy (non-hydrogen) atoms. The third-order valence-electron chi connectivity index (χ3n) is 8.90. The zero-order valence-electron chi connectivity index (χ0n) is 22.3. The molecule has 4 aliphatic rings. The molecule has 0 aromatic heterocycles. The molecule has 2 aromatic rings. The first-order valence-electron chi connectivity index (χ1n) is 14.0. The second kappa shape index (κ2) is 13.6. The zero-order chi connectivity index (χ0) is 23.8. The maximum atomic E-state index is 2.75. The minimum absolute atomic E-state index is 0. The van der Waals surface area contributed by atoms with Crippen molar-refractivity contribution >= 4 is 28.0 Å². The van der Waals surface area contributed by atoms with Gasteiger partial charge in [-0.3, -0.25) is 0 Å². The Morgan fingerprint density at radius 1 is 0.595 bits per heavy atom. The SMILES string of the molecule is CP(C)C1=Cc2ccccc2[CH]1[Ti+2][CH]1C(P(C2CCCCC2)C2CCCCC2)=Cc2ccccc21.[Cl-].[Cl-]. The van der Waals surface area contributed by atoms with Crippen LogP contribution >= 0.6 is 15.8 Å². The predicted octanol–water partition coefficient (Wildman–Crippen LogP) is 4.16. The first kappa shape index (κ1) is 30.0. The fourth-order valence-corrected chi connectivity index (χ4v) is 17.5. The first-order chi connectivity index (χ1) is 17.2. The summed E-state index contributed by atoms with van der Waals surface area (Å²) in [4.78, 5) is 0. The van der Waals surface area contributed by atoms with E-state index in [1.807, 2.05) is 5.31 Å². The van der Waals surface area contributed by atoms with Crippen molar-refractivity contribution in [1.82, 2.24) is 0 Å². The molecule has 2 atom stereocenters. The average molecular weight is 605 g/mol.